The molecule has 1 aromatic heterocycles. The third kappa shape index (κ3) is 2.54. The quantitative estimate of drug-likeness (QED) is 0.818. The number of carbonyl (C=O) groups excluding carboxylic acids is 1. The van der Waals surface area contributed by atoms with Crippen molar-refractivity contribution in [3.8, 4) is 0 Å². The van der Waals surface area contributed by atoms with E-state index in [2.05, 4.69) is 10.3 Å². The monoisotopic (exact) mass is 210 g/mol. The molecule has 1 N–H and O–H groups in total. The van der Waals surface area contributed by atoms with Gasteiger partial charge >= 0.3 is 0 Å². The molecule has 1 aromatic rings. The second-order valence-corrected chi connectivity index (χ2v) is 5.00. The van der Waals surface area contributed by atoms with E-state index in [1.165, 1.54) is 4.88 Å². The molecule has 0 saturated heterocycles. The lowest BCUT2D eigenvalue weighted by Crippen LogP contribution is -2.26. The Morgan fingerprint density at radius 2 is 2.50 bits per heavy atom. The summed E-state index contributed by atoms with van der Waals surface area (Å²) in [4.78, 5) is 16.7. The molecular formula is C10H14N2OS. The van der Waals surface area contributed by atoms with Crippen molar-refractivity contribution in [2.75, 3.05) is 6.54 Å². The summed E-state index contributed by atoms with van der Waals surface area (Å²) in [6.07, 6.45) is 4.88. The summed E-state index contributed by atoms with van der Waals surface area (Å²) in [5.74, 6) is 0.534. The van der Waals surface area contributed by atoms with Gasteiger partial charge in [-0.25, -0.2) is 4.98 Å². The average molecular weight is 210 g/mol. The molecule has 2 rings (SSSR count). The minimum absolute atomic E-state index is 0.221. The normalized spacial score (nSPS) is 15.5. The van der Waals surface area contributed by atoms with Gasteiger partial charge in [-0.15, -0.1) is 11.3 Å². The Balaban J connectivity index is 1.69. The van der Waals surface area contributed by atoms with Gasteiger partial charge in [-0.1, -0.05) is 0 Å². The van der Waals surface area contributed by atoms with Crippen LogP contribution in [0.4, 0.5) is 0 Å². The predicted octanol–water partition coefficient (Wildman–Crippen LogP) is 1.52. The van der Waals surface area contributed by atoms with Gasteiger partial charge in [-0.05, 0) is 19.8 Å². The summed E-state index contributed by atoms with van der Waals surface area (Å²) in [5, 5.41) is 4.04. The maximum Gasteiger partial charge on any atom is 0.223 e. The van der Waals surface area contributed by atoms with Crippen molar-refractivity contribution in [2.45, 2.75) is 26.2 Å². The van der Waals surface area contributed by atoms with Crippen molar-refractivity contribution in [1.29, 1.82) is 0 Å². The second kappa shape index (κ2) is 4.09. The molecule has 0 radical (unpaired) electrons. The number of nitrogens with one attached hydrogen (secondary N) is 1. The molecule has 1 aliphatic carbocycles. The molecule has 0 aliphatic heterocycles. The maximum atomic E-state index is 11.3. The number of carbonyl (C=O) groups is 1. The van der Waals surface area contributed by atoms with E-state index in [4.69, 9.17) is 0 Å². The summed E-state index contributed by atoms with van der Waals surface area (Å²) in [6.45, 7) is 2.77. The van der Waals surface area contributed by atoms with Crippen molar-refractivity contribution < 1.29 is 4.79 Å². The zero-order valence-corrected chi connectivity index (χ0v) is 9.06. The highest BCUT2D eigenvalue weighted by Crippen LogP contribution is 2.28. The number of thiazole rings is 1. The first-order chi connectivity index (χ1) is 6.75. The molecule has 76 valence electrons. The molecule has 0 unspecified atom stereocenters. The molecule has 0 bridgehead atoms. The molecular weight excluding hydrogens is 196 g/mol. The molecule has 3 nitrogen and oxygen atoms in total. The van der Waals surface area contributed by atoms with Crippen LogP contribution in [0.15, 0.2) is 6.20 Å². The highest BCUT2D eigenvalue weighted by molar-refractivity contribution is 7.11. The molecule has 4 heteroatoms. The van der Waals surface area contributed by atoms with E-state index >= 15 is 0 Å². The van der Waals surface area contributed by atoms with Crippen molar-refractivity contribution in [3.63, 3.8) is 0 Å². The van der Waals surface area contributed by atoms with Gasteiger partial charge in [0, 0.05) is 30.0 Å². The van der Waals surface area contributed by atoms with Crippen LogP contribution < -0.4 is 5.32 Å². The van der Waals surface area contributed by atoms with Gasteiger partial charge in [-0.3, -0.25) is 4.79 Å². The Kier molecular flexibility index (Phi) is 2.82. The van der Waals surface area contributed by atoms with Gasteiger partial charge in [-0.2, -0.15) is 0 Å². The first-order valence-corrected chi connectivity index (χ1v) is 5.76. The fourth-order valence-electron chi connectivity index (χ4n) is 1.30. The van der Waals surface area contributed by atoms with Gasteiger partial charge in [0.1, 0.15) is 0 Å². The van der Waals surface area contributed by atoms with Gasteiger partial charge in [0.15, 0.2) is 0 Å². The smallest absolute Gasteiger partial charge is 0.223 e. The van der Waals surface area contributed by atoms with Crippen LogP contribution in [0, 0.1) is 12.8 Å². The van der Waals surface area contributed by atoms with Gasteiger partial charge < -0.3 is 5.32 Å². The fourth-order valence-corrected chi connectivity index (χ4v) is 2.09. The standard InChI is InChI=1S/C10H14N2OS/c1-7-6-12-9(14-7)4-5-11-10(13)8-2-3-8/h6,8H,2-5H2,1H3,(H,11,13). The van der Waals surface area contributed by atoms with Gasteiger partial charge in [0.05, 0.1) is 5.01 Å². The SMILES string of the molecule is Cc1cnc(CCNC(=O)C2CC2)s1. The maximum absolute atomic E-state index is 11.3. The van der Waals surface area contributed by atoms with Crippen LogP contribution >= 0.6 is 11.3 Å². The molecule has 1 fully saturated rings. The van der Waals surface area contributed by atoms with E-state index in [1.54, 1.807) is 11.3 Å². The van der Waals surface area contributed by atoms with E-state index in [9.17, 15) is 4.79 Å². The Hall–Kier alpha value is -0.900. The Bertz CT molecular complexity index is 331. The highest BCUT2D eigenvalue weighted by atomic mass is 32.1. The largest absolute Gasteiger partial charge is 0.355 e. The Morgan fingerprint density at radius 3 is 3.07 bits per heavy atom. The first-order valence-electron chi connectivity index (χ1n) is 4.95. The average Bonchev–Trinajstić information content (AvgIpc) is 2.92. The van der Waals surface area contributed by atoms with Crippen LogP contribution in [0.1, 0.15) is 22.7 Å². The van der Waals surface area contributed by atoms with E-state index in [0.717, 1.165) is 30.8 Å². The Labute approximate surface area is 87.6 Å². The topological polar surface area (TPSA) is 42.0 Å². The third-order valence-electron chi connectivity index (χ3n) is 2.26. The Morgan fingerprint density at radius 1 is 1.71 bits per heavy atom. The van der Waals surface area contributed by atoms with Crippen molar-refractivity contribution in [1.82, 2.24) is 10.3 Å². The van der Waals surface area contributed by atoms with Crippen molar-refractivity contribution in [2.24, 2.45) is 5.92 Å². The minimum atomic E-state index is 0.221. The third-order valence-corrected chi connectivity index (χ3v) is 3.23. The lowest BCUT2D eigenvalue weighted by Gasteiger charge is -2.01. The van der Waals surface area contributed by atoms with Crippen LogP contribution in [0.5, 0.6) is 0 Å². The van der Waals surface area contributed by atoms with Crippen LogP contribution in [0.25, 0.3) is 0 Å². The molecule has 0 atom stereocenters. The molecule has 1 saturated carbocycles. The predicted molar refractivity (Wildman–Crippen MR) is 56.3 cm³/mol. The number of nitrogens with zero attached hydrogens (tertiary/aromatic N) is 1. The van der Waals surface area contributed by atoms with Crippen molar-refractivity contribution >= 4 is 17.2 Å². The number of aromatic nitrogens is 1. The lowest BCUT2D eigenvalue weighted by atomic mass is 10.3. The number of rotatable bonds is 4. The lowest BCUT2D eigenvalue weighted by molar-refractivity contribution is -0.122. The van der Waals surface area contributed by atoms with Crippen LogP contribution in [0.3, 0.4) is 0 Å². The van der Waals surface area contributed by atoms with Gasteiger partial charge in [0.2, 0.25) is 5.91 Å². The van der Waals surface area contributed by atoms with Gasteiger partial charge in [0.25, 0.3) is 0 Å². The van der Waals surface area contributed by atoms with E-state index in [-0.39, 0.29) is 5.91 Å². The summed E-state index contributed by atoms with van der Waals surface area (Å²) >= 11 is 1.70. The van der Waals surface area contributed by atoms with E-state index in [1.807, 2.05) is 13.1 Å². The fraction of sp³-hybridized carbons (Fsp3) is 0.600. The van der Waals surface area contributed by atoms with Crippen LogP contribution in [-0.2, 0) is 11.2 Å². The molecule has 0 spiro atoms. The van der Waals surface area contributed by atoms with Crippen molar-refractivity contribution in [3.05, 3.63) is 16.1 Å². The summed E-state index contributed by atoms with van der Waals surface area (Å²) in [7, 11) is 0. The molecule has 1 aliphatic rings. The number of amides is 1. The number of hydrogen-bond donors (Lipinski definition) is 1. The molecule has 14 heavy (non-hydrogen) atoms. The summed E-state index contributed by atoms with van der Waals surface area (Å²) in [6, 6.07) is 0. The molecule has 1 amide bonds. The summed E-state index contributed by atoms with van der Waals surface area (Å²) in [5.41, 5.74) is 0. The molecule has 1 heterocycles. The zero-order chi connectivity index (χ0) is 9.97. The van der Waals surface area contributed by atoms with E-state index < -0.39 is 0 Å². The summed E-state index contributed by atoms with van der Waals surface area (Å²) < 4.78 is 0. The number of hydrogen-bond acceptors (Lipinski definition) is 3. The number of aryl methyl sites for hydroxylation is 1. The van der Waals surface area contributed by atoms with E-state index in [0.29, 0.717) is 5.92 Å². The van der Waals surface area contributed by atoms with Crippen LogP contribution in [-0.4, -0.2) is 17.4 Å². The highest BCUT2D eigenvalue weighted by Gasteiger charge is 2.28. The molecule has 0 aromatic carbocycles. The first kappa shape index (κ1) is 9.65. The zero-order valence-electron chi connectivity index (χ0n) is 8.25. The second-order valence-electron chi connectivity index (χ2n) is 3.68. The van der Waals surface area contributed by atoms with Crippen LogP contribution in [0.2, 0.25) is 0 Å². The minimum Gasteiger partial charge on any atom is -0.355 e.